The maximum Gasteiger partial charge on any atom is 0.248 e. The van der Waals surface area contributed by atoms with Gasteiger partial charge in [-0.1, -0.05) is 42.5 Å². The molecule has 25 heavy (non-hydrogen) atoms. The Labute approximate surface area is 144 Å². The zero-order chi connectivity index (χ0) is 17.5. The molecule has 1 aromatic heterocycles. The molecule has 0 radical (unpaired) electrons. The van der Waals surface area contributed by atoms with Crippen LogP contribution in [0.2, 0.25) is 0 Å². The summed E-state index contributed by atoms with van der Waals surface area (Å²) in [7, 11) is 0. The van der Waals surface area contributed by atoms with Crippen LogP contribution in [-0.2, 0) is 4.79 Å². The Morgan fingerprint density at radius 2 is 1.76 bits per heavy atom. The first kappa shape index (κ1) is 16.4. The van der Waals surface area contributed by atoms with E-state index in [2.05, 4.69) is 10.3 Å². The summed E-state index contributed by atoms with van der Waals surface area (Å²) < 4.78 is 19.2. The van der Waals surface area contributed by atoms with E-state index in [1.807, 2.05) is 30.3 Å². The maximum atomic E-state index is 13.7. The average molecular weight is 334 g/mol. The molecule has 124 valence electrons. The Morgan fingerprint density at radius 1 is 1.00 bits per heavy atom. The van der Waals surface area contributed by atoms with Crippen LogP contribution in [0.4, 0.5) is 10.1 Å². The van der Waals surface area contributed by atoms with Gasteiger partial charge in [-0.3, -0.25) is 4.79 Å². The van der Waals surface area contributed by atoms with Gasteiger partial charge in [0, 0.05) is 12.3 Å². The molecule has 4 nitrogen and oxygen atoms in total. The molecule has 0 aliphatic rings. The molecule has 0 saturated carbocycles. The highest BCUT2D eigenvalue weighted by molar-refractivity contribution is 6.02. The molecular formula is C20H15FN2O2. The fraction of sp³-hybridized carbons (Fsp3) is 0. The number of carbonyl (C=O) groups excluding carboxylic acids is 1. The van der Waals surface area contributed by atoms with E-state index in [1.165, 1.54) is 24.4 Å². The molecule has 5 heteroatoms. The highest BCUT2D eigenvalue weighted by Gasteiger charge is 2.10. The van der Waals surface area contributed by atoms with Crippen molar-refractivity contribution < 1.29 is 13.9 Å². The van der Waals surface area contributed by atoms with Crippen molar-refractivity contribution in [1.82, 2.24) is 4.98 Å². The molecule has 0 saturated heterocycles. The molecule has 0 fully saturated rings. The molecule has 1 N–H and O–H groups in total. The number of rotatable bonds is 5. The summed E-state index contributed by atoms with van der Waals surface area (Å²) in [6, 6.07) is 18.8. The molecule has 0 aliphatic heterocycles. The zero-order valence-corrected chi connectivity index (χ0v) is 13.2. The molecule has 2 aromatic carbocycles. The van der Waals surface area contributed by atoms with Crippen LogP contribution in [0.15, 0.2) is 79.0 Å². The van der Waals surface area contributed by atoms with Crippen molar-refractivity contribution in [3.63, 3.8) is 0 Å². The van der Waals surface area contributed by atoms with Crippen molar-refractivity contribution in [2.24, 2.45) is 0 Å². The quantitative estimate of drug-likeness (QED) is 0.690. The number of hydrogen-bond donors (Lipinski definition) is 1. The molecule has 0 bridgehead atoms. The Kier molecular flexibility index (Phi) is 5.16. The number of amides is 1. The second kappa shape index (κ2) is 7.88. The number of pyridine rings is 1. The second-order valence-electron chi connectivity index (χ2n) is 5.12. The first-order valence-corrected chi connectivity index (χ1v) is 7.64. The molecule has 1 amide bonds. The van der Waals surface area contributed by atoms with E-state index in [1.54, 1.807) is 30.3 Å². The molecule has 0 atom stereocenters. The van der Waals surface area contributed by atoms with Gasteiger partial charge >= 0.3 is 0 Å². The van der Waals surface area contributed by atoms with Crippen LogP contribution in [0, 0.1) is 5.82 Å². The van der Waals surface area contributed by atoms with Crippen LogP contribution >= 0.6 is 0 Å². The van der Waals surface area contributed by atoms with Gasteiger partial charge in [0.2, 0.25) is 11.8 Å². The lowest BCUT2D eigenvalue weighted by Crippen LogP contribution is -2.09. The fourth-order valence-corrected chi connectivity index (χ4v) is 2.11. The van der Waals surface area contributed by atoms with Crippen LogP contribution < -0.4 is 10.1 Å². The van der Waals surface area contributed by atoms with E-state index >= 15 is 0 Å². The molecule has 3 rings (SSSR count). The summed E-state index contributed by atoms with van der Waals surface area (Å²) in [5, 5.41) is 2.68. The van der Waals surface area contributed by atoms with Gasteiger partial charge in [0.25, 0.3) is 0 Å². The van der Waals surface area contributed by atoms with Crippen LogP contribution in [-0.4, -0.2) is 10.9 Å². The predicted molar refractivity (Wildman–Crippen MR) is 94.8 cm³/mol. The predicted octanol–water partition coefficient (Wildman–Crippen LogP) is 4.66. The van der Waals surface area contributed by atoms with Crippen molar-refractivity contribution in [1.29, 1.82) is 0 Å². The summed E-state index contributed by atoms with van der Waals surface area (Å²) in [4.78, 5) is 16.2. The number of hydrogen-bond acceptors (Lipinski definition) is 3. The van der Waals surface area contributed by atoms with E-state index in [0.717, 1.165) is 5.56 Å². The standard InChI is InChI=1S/C20H15FN2O2/c21-16-9-4-5-11-18(16)25-20-17(10-6-14-22-20)23-19(24)13-12-15-7-2-1-3-8-15/h1-14H,(H,23,24)/b13-12+. The normalized spacial score (nSPS) is 10.6. The third-order valence-corrected chi connectivity index (χ3v) is 3.30. The smallest absolute Gasteiger partial charge is 0.248 e. The molecule has 0 unspecified atom stereocenters. The lowest BCUT2D eigenvalue weighted by molar-refractivity contribution is -0.111. The SMILES string of the molecule is O=C(/C=C/c1ccccc1)Nc1cccnc1Oc1ccccc1F. The van der Waals surface area contributed by atoms with Crippen molar-refractivity contribution in [3.8, 4) is 11.6 Å². The molecule has 0 aliphatic carbocycles. The van der Waals surface area contributed by atoms with Crippen LogP contribution in [0.5, 0.6) is 11.6 Å². The number of anilines is 1. The minimum Gasteiger partial charge on any atom is -0.434 e. The van der Waals surface area contributed by atoms with Gasteiger partial charge in [0.15, 0.2) is 11.6 Å². The summed E-state index contributed by atoms with van der Waals surface area (Å²) in [5.74, 6) is -0.685. The van der Waals surface area contributed by atoms with E-state index < -0.39 is 5.82 Å². The highest BCUT2D eigenvalue weighted by Crippen LogP contribution is 2.28. The number of para-hydroxylation sites is 1. The first-order valence-electron chi connectivity index (χ1n) is 7.64. The van der Waals surface area contributed by atoms with Gasteiger partial charge in [0.1, 0.15) is 5.69 Å². The van der Waals surface area contributed by atoms with E-state index in [-0.39, 0.29) is 17.5 Å². The lowest BCUT2D eigenvalue weighted by atomic mass is 10.2. The van der Waals surface area contributed by atoms with Crippen LogP contribution in [0.1, 0.15) is 5.56 Å². The van der Waals surface area contributed by atoms with Crippen LogP contribution in [0.25, 0.3) is 6.08 Å². The number of aromatic nitrogens is 1. The number of halogens is 1. The molecular weight excluding hydrogens is 319 g/mol. The van der Waals surface area contributed by atoms with Crippen molar-refractivity contribution >= 4 is 17.7 Å². The third-order valence-electron chi connectivity index (χ3n) is 3.30. The summed E-state index contributed by atoms with van der Waals surface area (Å²) in [6.07, 6.45) is 4.62. The van der Waals surface area contributed by atoms with Gasteiger partial charge in [-0.15, -0.1) is 0 Å². The van der Waals surface area contributed by atoms with Gasteiger partial charge in [-0.25, -0.2) is 9.37 Å². The summed E-state index contributed by atoms with van der Waals surface area (Å²) >= 11 is 0. The lowest BCUT2D eigenvalue weighted by Gasteiger charge is -2.10. The Hall–Kier alpha value is -3.47. The molecule has 1 heterocycles. The topological polar surface area (TPSA) is 51.2 Å². The molecule has 0 spiro atoms. The average Bonchev–Trinajstić information content (AvgIpc) is 2.64. The number of carbonyl (C=O) groups is 1. The number of nitrogens with one attached hydrogen (secondary N) is 1. The maximum absolute atomic E-state index is 13.7. The minimum atomic E-state index is -0.505. The van der Waals surface area contributed by atoms with E-state index in [4.69, 9.17) is 4.74 Å². The number of benzene rings is 2. The van der Waals surface area contributed by atoms with Crippen LogP contribution in [0.3, 0.4) is 0 Å². The Balaban J connectivity index is 1.74. The monoisotopic (exact) mass is 334 g/mol. The molecule has 3 aromatic rings. The van der Waals surface area contributed by atoms with E-state index in [9.17, 15) is 9.18 Å². The third kappa shape index (κ3) is 4.51. The van der Waals surface area contributed by atoms with Crippen molar-refractivity contribution in [2.45, 2.75) is 0 Å². The van der Waals surface area contributed by atoms with Gasteiger partial charge in [-0.2, -0.15) is 0 Å². The zero-order valence-electron chi connectivity index (χ0n) is 13.2. The van der Waals surface area contributed by atoms with Gasteiger partial charge < -0.3 is 10.1 Å². The first-order chi connectivity index (χ1) is 12.2. The Bertz CT molecular complexity index is 895. The van der Waals surface area contributed by atoms with E-state index in [0.29, 0.717) is 5.69 Å². The fourth-order valence-electron chi connectivity index (χ4n) is 2.11. The number of nitrogens with zero attached hydrogens (tertiary/aromatic N) is 1. The second-order valence-corrected chi connectivity index (χ2v) is 5.12. The summed E-state index contributed by atoms with van der Waals surface area (Å²) in [6.45, 7) is 0. The number of ether oxygens (including phenoxy) is 1. The Morgan fingerprint density at radius 3 is 2.56 bits per heavy atom. The van der Waals surface area contributed by atoms with Gasteiger partial charge in [-0.05, 0) is 35.9 Å². The summed E-state index contributed by atoms with van der Waals surface area (Å²) in [5.41, 5.74) is 1.26. The highest BCUT2D eigenvalue weighted by atomic mass is 19.1. The minimum absolute atomic E-state index is 0.0385. The van der Waals surface area contributed by atoms with Crippen molar-refractivity contribution in [3.05, 3.63) is 90.4 Å². The van der Waals surface area contributed by atoms with Gasteiger partial charge in [0.05, 0.1) is 0 Å². The van der Waals surface area contributed by atoms with Crippen molar-refractivity contribution in [2.75, 3.05) is 5.32 Å². The largest absolute Gasteiger partial charge is 0.434 e.